The van der Waals surface area contributed by atoms with Gasteiger partial charge in [-0.2, -0.15) is 0 Å². The van der Waals surface area contributed by atoms with E-state index in [0.717, 1.165) is 44.5 Å². The minimum absolute atomic E-state index is 0.0845. The Morgan fingerprint density at radius 2 is 1.48 bits per heavy atom. The topological polar surface area (TPSA) is 43.9 Å². The average Bonchev–Trinajstić information content (AvgIpc) is 2.83. The third-order valence-corrected chi connectivity index (χ3v) is 6.07. The predicted octanol–water partition coefficient (Wildman–Crippen LogP) is 4.33. The van der Waals surface area contributed by atoms with Crippen LogP contribution in [0.4, 0.5) is 8.78 Å². The van der Waals surface area contributed by atoms with E-state index in [2.05, 4.69) is 11.8 Å². The molecule has 1 saturated heterocycles. The van der Waals surface area contributed by atoms with Crippen molar-refractivity contribution in [3.63, 3.8) is 0 Å². The van der Waals surface area contributed by atoms with Crippen LogP contribution in [0.3, 0.4) is 0 Å². The van der Waals surface area contributed by atoms with Crippen molar-refractivity contribution in [3.05, 3.63) is 71.3 Å². The number of benzene rings is 2. The van der Waals surface area contributed by atoms with Crippen molar-refractivity contribution in [1.29, 1.82) is 0 Å². The zero-order valence-corrected chi connectivity index (χ0v) is 19.3. The number of hydrogen-bond acceptors (Lipinski definition) is 3. The third kappa shape index (κ3) is 7.63. The van der Waals surface area contributed by atoms with Crippen LogP contribution in [0, 0.1) is 11.6 Å². The summed E-state index contributed by atoms with van der Waals surface area (Å²) in [5.41, 5.74) is 1.41. The maximum atomic E-state index is 13.3. The minimum Gasteiger partial charge on any atom is -0.337 e. The van der Waals surface area contributed by atoms with Gasteiger partial charge in [0, 0.05) is 57.8 Å². The van der Waals surface area contributed by atoms with Crippen LogP contribution in [0.25, 0.3) is 0 Å². The van der Waals surface area contributed by atoms with Gasteiger partial charge in [0.25, 0.3) is 5.91 Å². The monoisotopic (exact) mass is 457 g/mol. The summed E-state index contributed by atoms with van der Waals surface area (Å²) in [6.07, 6.45) is 3.49. The van der Waals surface area contributed by atoms with Crippen molar-refractivity contribution in [2.45, 2.75) is 39.2 Å². The van der Waals surface area contributed by atoms with Crippen LogP contribution < -0.4 is 0 Å². The molecule has 1 aliphatic heterocycles. The summed E-state index contributed by atoms with van der Waals surface area (Å²) in [4.78, 5) is 31.4. The van der Waals surface area contributed by atoms with Crippen LogP contribution in [0.1, 0.15) is 48.5 Å². The highest BCUT2D eigenvalue weighted by Crippen LogP contribution is 2.13. The van der Waals surface area contributed by atoms with Gasteiger partial charge in [-0.05, 0) is 48.4 Å². The van der Waals surface area contributed by atoms with E-state index in [-0.39, 0.29) is 23.4 Å². The van der Waals surface area contributed by atoms with Gasteiger partial charge in [0.15, 0.2) is 0 Å². The Balaban J connectivity index is 1.52. The molecule has 0 saturated carbocycles. The maximum absolute atomic E-state index is 13.3. The Kier molecular flexibility index (Phi) is 9.36. The minimum atomic E-state index is -0.356. The molecular weight excluding hydrogens is 424 g/mol. The van der Waals surface area contributed by atoms with Crippen molar-refractivity contribution in [3.8, 4) is 0 Å². The highest BCUT2D eigenvalue weighted by Gasteiger charge is 2.23. The molecule has 2 amide bonds. The molecule has 0 radical (unpaired) electrons. The lowest BCUT2D eigenvalue weighted by Crippen LogP contribution is -2.50. The van der Waals surface area contributed by atoms with E-state index < -0.39 is 0 Å². The first-order chi connectivity index (χ1) is 16.0. The molecule has 0 aromatic heterocycles. The van der Waals surface area contributed by atoms with Crippen LogP contribution in [0.5, 0.6) is 0 Å². The first kappa shape index (κ1) is 24.8. The summed E-state index contributed by atoms with van der Waals surface area (Å²) in [6, 6.07) is 11.9. The second-order valence-electron chi connectivity index (χ2n) is 8.54. The van der Waals surface area contributed by atoms with Gasteiger partial charge in [-0.25, -0.2) is 8.78 Å². The molecule has 7 heteroatoms. The van der Waals surface area contributed by atoms with Gasteiger partial charge >= 0.3 is 0 Å². The number of piperazine rings is 1. The zero-order chi connectivity index (χ0) is 23.6. The molecule has 0 aliphatic carbocycles. The number of amides is 2. The number of unbranched alkanes of at least 4 members (excludes halogenated alkanes) is 2. The van der Waals surface area contributed by atoms with Gasteiger partial charge in [0.05, 0.1) is 0 Å². The average molecular weight is 458 g/mol. The number of carbonyl (C=O) groups excluding carboxylic acids is 2. The molecule has 0 spiro atoms. The first-order valence-electron chi connectivity index (χ1n) is 11.8. The van der Waals surface area contributed by atoms with Gasteiger partial charge in [-0.3, -0.25) is 14.5 Å². The van der Waals surface area contributed by atoms with Gasteiger partial charge in [0.1, 0.15) is 11.6 Å². The number of halogens is 2. The van der Waals surface area contributed by atoms with Crippen molar-refractivity contribution in [2.75, 3.05) is 39.3 Å². The van der Waals surface area contributed by atoms with Crippen molar-refractivity contribution in [2.24, 2.45) is 0 Å². The lowest BCUT2D eigenvalue weighted by atomic mass is 10.1. The van der Waals surface area contributed by atoms with Gasteiger partial charge in [-0.15, -0.1) is 0 Å². The van der Waals surface area contributed by atoms with E-state index in [1.165, 1.54) is 36.4 Å². The molecule has 1 fully saturated rings. The Morgan fingerprint density at radius 1 is 0.879 bits per heavy atom. The summed E-state index contributed by atoms with van der Waals surface area (Å²) in [6.45, 7) is 6.53. The van der Waals surface area contributed by atoms with Gasteiger partial charge in [-0.1, -0.05) is 31.9 Å². The largest absolute Gasteiger partial charge is 0.337 e. The van der Waals surface area contributed by atoms with Crippen molar-refractivity contribution < 1.29 is 18.4 Å². The Labute approximate surface area is 195 Å². The molecule has 1 aliphatic rings. The molecule has 5 nitrogen and oxygen atoms in total. The number of rotatable bonds is 10. The quantitative estimate of drug-likeness (QED) is 0.499. The molecule has 3 rings (SSSR count). The Morgan fingerprint density at radius 3 is 2.09 bits per heavy atom. The van der Waals surface area contributed by atoms with Crippen LogP contribution in [-0.4, -0.2) is 65.8 Å². The fraction of sp³-hybridized carbons (Fsp3) is 0.462. The standard InChI is InChI=1S/C26H33F2N3O2/c1-2-3-4-5-25(32)31(20-21-6-10-23(27)11-7-21)19-16-29-14-17-30(18-15-29)26(33)22-8-12-24(28)13-9-22/h6-13H,2-5,14-20H2,1H3. The summed E-state index contributed by atoms with van der Waals surface area (Å²) >= 11 is 0. The van der Waals surface area contributed by atoms with E-state index in [9.17, 15) is 18.4 Å². The molecule has 178 valence electrons. The van der Waals surface area contributed by atoms with E-state index in [0.29, 0.717) is 38.2 Å². The normalized spacial score (nSPS) is 14.3. The van der Waals surface area contributed by atoms with Crippen LogP contribution >= 0.6 is 0 Å². The second kappa shape index (κ2) is 12.4. The lowest BCUT2D eigenvalue weighted by molar-refractivity contribution is -0.132. The highest BCUT2D eigenvalue weighted by atomic mass is 19.1. The molecule has 2 aromatic carbocycles. The van der Waals surface area contributed by atoms with Crippen LogP contribution in [0.2, 0.25) is 0 Å². The molecule has 2 aromatic rings. The van der Waals surface area contributed by atoms with Gasteiger partial charge in [0.2, 0.25) is 5.91 Å². The van der Waals surface area contributed by atoms with E-state index in [4.69, 9.17) is 0 Å². The van der Waals surface area contributed by atoms with Crippen molar-refractivity contribution in [1.82, 2.24) is 14.7 Å². The third-order valence-electron chi connectivity index (χ3n) is 6.07. The number of carbonyl (C=O) groups is 2. The summed E-state index contributed by atoms with van der Waals surface area (Å²) in [5.74, 6) is -0.602. The van der Waals surface area contributed by atoms with E-state index >= 15 is 0 Å². The van der Waals surface area contributed by atoms with Crippen molar-refractivity contribution >= 4 is 11.8 Å². The van der Waals surface area contributed by atoms with Gasteiger partial charge < -0.3 is 9.80 Å². The number of nitrogens with zero attached hydrogens (tertiary/aromatic N) is 3. The van der Waals surface area contributed by atoms with Crippen LogP contribution in [-0.2, 0) is 11.3 Å². The molecule has 1 heterocycles. The van der Waals surface area contributed by atoms with Crippen LogP contribution in [0.15, 0.2) is 48.5 Å². The fourth-order valence-electron chi connectivity index (χ4n) is 4.00. The lowest BCUT2D eigenvalue weighted by Gasteiger charge is -2.36. The second-order valence-corrected chi connectivity index (χ2v) is 8.54. The smallest absolute Gasteiger partial charge is 0.253 e. The summed E-state index contributed by atoms with van der Waals surface area (Å²) in [5, 5.41) is 0. The maximum Gasteiger partial charge on any atom is 0.253 e. The molecule has 0 atom stereocenters. The molecule has 0 bridgehead atoms. The molecular formula is C26H33F2N3O2. The highest BCUT2D eigenvalue weighted by molar-refractivity contribution is 5.94. The Hall–Kier alpha value is -2.80. The molecule has 0 N–H and O–H groups in total. The summed E-state index contributed by atoms with van der Waals surface area (Å²) < 4.78 is 26.4. The molecule has 33 heavy (non-hydrogen) atoms. The fourth-order valence-corrected chi connectivity index (χ4v) is 4.00. The Bertz CT molecular complexity index is 895. The van der Waals surface area contributed by atoms with E-state index in [1.807, 2.05) is 4.90 Å². The summed E-state index contributed by atoms with van der Waals surface area (Å²) in [7, 11) is 0. The first-order valence-corrected chi connectivity index (χ1v) is 11.8. The predicted molar refractivity (Wildman–Crippen MR) is 125 cm³/mol. The number of hydrogen-bond donors (Lipinski definition) is 0. The SMILES string of the molecule is CCCCCC(=O)N(CCN1CCN(C(=O)c2ccc(F)cc2)CC1)Cc1ccc(F)cc1. The molecule has 0 unspecified atom stereocenters. The zero-order valence-electron chi connectivity index (χ0n) is 19.3. The van der Waals surface area contributed by atoms with E-state index in [1.54, 1.807) is 17.0 Å².